The molecule has 0 saturated carbocycles. The van der Waals surface area contributed by atoms with Gasteiger partial charge in [0.15, 0.2) is 11.4 Å². The fourth-order valence-corrected chi connectivity index (χ4v) is 5.69. The second-order valence-corrected chi connectivity index (χ2v) is 13.7. The third-order valence-corrected chi connectivity index (χ3v) is 10.1. The van der Waals surface area contributed by atoms with Crippen LogP contribution in [0.3, 0.4) is 0 Å². The molecule has 1 N–H and O–H groups in total. The Kier molecular flexibility index (Phi) is 9.60. The minimum Gasteiger partial charge on any atom is -0.324 e. The summed E-state index contributed by atoms with van der Waals surface area (Å²) in [5.74, 6) is 0.0692. The summed E-state index contributed by atoms with van der Waals surface area (Å²) in [6, 6.07) is 10.5. The van der Waals surface area contributed by atoms with Crippen LogP contribution in [0.25, 0.3) is 11.3 Å². The first-order valence-electron chi connectivity index (χ1n) is 12.5. The van der Waals surface area contributed by atoms with Crippen molar-refractivity contribution in [3.8, 4) is 11.3 Å². The number of hydrogen-bond donors (Lipinski definition) is 1. The highest BCUT2D eigenvalue weighted by molar-refractivity contribution is 8.43. The largest absolute Gasteiger partial charge is 0.324 e. The maximum Gasteiger partial charge on any atom is 0.227 e. The molecule has 194 valence electrons. The highest BCUT2D eigenvalue weighted by atomic mass is 32.3. The van der Waals surface area contributed by atoms with Gasteiger partial charge in [0.1, 0.15) is 11.5 Å². The number of unbranched alkanes of at least 4 members (excludes halogenated alkanes) is 3. The Morgan fingerprint density at radius 1 is 1.08 bits per heavy atom. The van der Waals surface area contributed by atoms with E-state index in [0.29, 0.717) is 17.7 Å². The molecule has 1 atom stereocenters. The third-order valence-electron chi connectivity index (χ3n) is 6.53. The van der Waals surface area contributed by atoms with Crippen LogP contribution in [-0.2, 0) is 17.0 Å². The summed E-state index contributed by atoms with van der Waals surface area (Å²) in [6.07, 6.45) is 8.04. The molecule has 0 spiro atoms. The fraction of sp³-hybridized carbons (Fsp3) is 0.414. The van der Waals surface area contributed by atoms with Crippen molar-refractivity contribution >= 4 is 27.3 Å². The summed E-state index contributed by atoms with van der Waals surface area (Å²) in [5, 5.41) is 3.48. The van der Waals surface area contributed by atoms with Gasteiger partial charge in [0.25, 0.3) is 0 Å². The molecule has 36 heavy (non-hydrogen) atoms. The number of nitrogens with zero attached hydrogens (tertiary/aromatic N) is 2. The molecule has 1 aromatic heterocycles. The Hall–Kier alpha value is -2.80. The average molecular weight is 514 g/mol. The minimum atomic E-state index is -1.44. The smallest absolute Gasteiger partial charge is 0.227 e. The van der Waals surface area contributed by atoms with Crippen LogP contribution >= 0.6 is 10.0 Å². The molecule has 0 aliphatic carbocycles. The first-order valence-corrected chi connectivity index (χ1v) is 14.9. The average Bonchev–Trinajstić information content (AvgIpc) is 2.83. The van der Waals surface area contributed by atoms with Gasteiger partial charge in [-0.2, -0.15) is 10.0 Å². The van der Waals surface area contributed by atoms with Crippen molar-refractivity contribution in [3.63, 3.8) is 0 Å². The van der Waals surface area contributed by atoms with E-state index in [1.807, 2.05) is 19.1 Å². The zero-order valence-electron chi connectivity index (χ0n) is 21.9. The van der Waals surface area contributed by atoms with Gasteiger partial charge in [0.05, 0.1) is 6.20 Å². The van der Waals surface area contributed by atoms with Gasteiger partial charge < -0.3 is 5.32 Å². The molecule has 1 heterocycles. The lowest BCUT2D eigenvalue weighted by Gasteiger charge is -2.34. The van der Waals surface area contributed by atoms with Crippen molar-refractivity contribution in [2.24, 2.45) is 0 Å². The first-order chi connectivity index (χ1) is 17.1. The number of aryl methyl sites for hydroxylation is 2. The highest BCUT2D eigenvalue weighted by Gasteiger charge is 2.22. The second-order valence-electron chi connectivity index (χ2n) is 9.85. The van der Waals surface area contributed by atoms with Gasteiger partial charge in [-0.15, -0.1) is 0 Å². The molecule has 0 amide bonds. The van der Waals surface area contributed by atoms with Crippen molar-refractivity contribution < 1.29 is 13.6 Å². The molecule has 1 unspecified atom stereocenters. The monoisotopic (exact) mass is 513 g/mol. The molecular formula is C29H37F2N3OS. The summed E-state index contributed by atoms with van der Waals surface area (Å²) in [7, 11) is -1.44. The molecule has 7 heteroatoms. The summed E-state index contributed by atoms with van der Waals surface area (Å²) >= 11 is 0. The number of hydrogen-bond acceptors (Lipinski definition) is 4. The van der Waals surface area contributed by atoms with E-state index in [9.17, 15) is 13.6 Å². The number of carbonyl (C=O) groups excluding carboxylic acids is 1. The predicted octanol–water partition coefficient (Wildman–Crippen LogP) is 8.13. The normalized spacial score (nSPS) is 13.9. The number of aromatic nitrogens is 2. The lowest BCUT2D eigenvalue weighted by molar-refractivity contribution is 0.569. The molecule has 2 aromatic carbocycles. The van der Waals surface area contributed by atoms with Gasteiger partial charge in [-0.1, -0.05) is 46.1 Å². The van der Waals surface area contributed by atoms with Crippen molar-refractivity contribution in [1.29, 1.82) is 0 Å². The van der Waals surface area contributed by atoms with Crippen LogP contribution in [-0.4, -0.2) is 27.1 Å². The van der Waals surface area contributed by atoms with Crippen LogP contribution in [0.2, 0.25) is 0 Å². The van der Waals surface area contributed by atoms with E-state index in [-0.39, 0.29) is 22.7 Å². The van der Waals surface area contributed by atoms with Crippen molar-refractivity contribution in [2.45, 2.75) is 70.8 Å². The quantitative estimate of drug-likeness (QED) is 0.196. The van der Waals surface area contributed by atoms with Crippen LogP contribution < -0.4 is 5.32 Å². The Bertz CT molecular complexity index is 1200. The van der Waals surface area contributed by atoms with Crippen molar-refractivity contribution in [2.75, 3.05) is 11.6 Å². The molecule has 3 aromatic rings. The van der Waals surface area contributed by atoms with Crippen molar-refractivity contribution in [1.82, 2.24) is 9.97 Å². The van der Waals surface area contributed by atoms with Gasteiger partial charge in [0, 0.05) is 17.0 Å². The van der Waals surface area contributed by atoms with Crippen LogP contribution in [0.15, 0.2) is 42.6 Å². The number of rotatable bonds is 12. The summed E-state index contributed by atoms with van der Waals surface area (Å²) in [5.41, 5.74) is 5.49. The Balaban J connectivity index is 1.90. The predicted molar refractivity (Wildman–Crippen MR) is 149 cm³/mol. The highest BCUT2D eigenvalue weighted by Crippen LogP contribution is 2.49. The molecule has 4 nitrogen and oxygen atoms in total. The Morgan fingerprint density at radius 2 is 1.86 bits per heavy atom. The molecule has 0 saturated heterocycles. The fourth-order valence-electron chi connectivity index (χ4n) is 4.18. The number of carbonyl (C=O) groups is 1. The van der Waals surface area contributed by atoms with E-state index in [0.717, 1.165) is 59.9 Å². The standard InChI is InChI=1S/C29H37F2N3OS/c1-6-7-8-9-10-23-16-24(30)11-12-26(23)28-27(31)17-32-29(34-28)33-25-14-21(4)13-22(15-25)18-36(5,19-35)20(2)3/h11-17,19-20H,6-10,18H2,1-5H3,(H,32,33,34). The molecular weight excluding hydrogens is 476 g/mol. The molecule has 0 aliphatic heterocycles. The number of benzene rings is 2. The van der Waals surface area contributed by atoms with E-state index in [1.165, 1.54) is 12.1 Å². The number of nitrogens with one attached hydrogen (secondary N) is 1. The van der Waals surface area contributed by atoms with Gasteiger partial charge in [-0.05, 0) is 78.3 Å². The van der Waals surface area contributed by atoms with Crippen LogP contribution in [0.4, 0.5) is 20.4 Å². The zero-order chi connectivity index (χ0) is 26.3. The van der Waals surface area contributed by atoms with Crippen molar-refractivity contribution in [3.05, 3.63) is 70.9 Å². The Morgan fingerprint density at radius 3 is 2.56 bits per heavy atom. The van der Waals surface area contributed by atoms with Gasteiger partial charge >= 0.3 is 0 Å². The molecule has 0 aliphatic rings. The van der Waals surface area contributed by atoms with Gasteiger partial charge in [-0.25, -0.2) is 18.7 Å². The minimum absolute atomic E-state index is 0.156. The topological polar surface area (TPSA) is 54.9 Å². The Labute approximate surface area is 215 Å². The summed E-state index contributed by atoms with van der Waals surface area (Å²) < 4.78 is 28.9. The number of anilines is 2. The summed E-state index contributed by atoms with van der Waals surface area (Å²) in [4.78, 5) is 20.5. The summed E-state index contributed by atoms with van der Waals surface area (Å²) in [6.45, 7) is 8.31. The maximum absolute atomic E-state index is 14.9. The van der Waals surface area contributed by atoms with E-state index >= 15 is 0 Å². The SMILES string of the molecule is CCCCCCc1cc(F)ccc1-c1nc(Nc2cc(C)cc(CS(C)(C=O)C(C)C)c2)ncc1F. The number of halogens is 2. The third kappa shape index (κ3) is 7.12. The van der Waals surface area contributed by atoms with E-state index < -0.39 is 15.8 Å². The lowest BCUT2D eigenvalue weighted by atomic mass is 9.98. The van der Waals surface area contributed by atoms with Crippen LogP contribution in [0.1, 0.15) is 63.1 Å². The molecule has 0 fully saturated rings. The molecule has 0 bridgehead atoms. The lowest BCUT2D eigenvalue weighted by Crippen LogP contribution is -2.14. The van der Waals surface area contributed by atoms with Gasteiger partial charge in [-0.3, -0.25) is 4.79 Å². The van der Waals surface area contributed by atoms with E-state index in [4.69, 9.17) is 0 Å². The maximum atomic E-state index is 14.9. The van der Waals surface area contributed by atoms with Gasteiger partial charge in [0.2, 0.25) is 5.95 Å². The van der Waals surface area contributed by atoms with E-state index in [1.54, 1.807) is 6.07 Å². The van der Waals surface area contributed by atoms with E-state index in [2.05, 4.69) is 48.4 Å². The van der Waals surface area contributed by atoms with Crippen LogP contribution in [0.5, 0.6) is 0 Å². The van der Waals surface area contributed by atoms with Crippen LogP contribution in [0, 0.1) is 18.6 Å². The molecule has 0 radical (unpaired) electrons. The first kappa shape index (κ1) is 27.8. The molecule has 3 rings (SSSR count). The second kappa shape index (κ2) is 12.4. The zero-order valence-corrected chi connectivity index (χ0v) is 22.7.